The van der Waals surface area contributed by atoms with Crippen molar-refractivity contribution in [1.82, 2.24) is 14.1 Å². The van der Waals surface area contributed by atoms with E-state index in [1.807, 2.05) is 20.2 Å². The maximum Gasteiger partial charge on any atom is 0.275 e. The van der Waals surface area contributed by atoms with E-state index in [1.54, 1.807) is 10.7 Å². The summed E-state index contributed by atoms with van der Waals surface area (Å²) in [6.07, 6.45) is 2.71. The molecule has 0 aliphatic rings. The summed E-state index contributed by atoms with van der Waals surface area (Å²) < 4.78 is 32.1. The molecule has 0 saturated carbocycles. The zero-order valence-corrected chi connectivity index (χ0v) is 13.4. The summed E-state index contributed by atoms with van der Waals surface area (Å²) in [6, 6.07) is 3.13. The highest BCUT2D eigenvalue weighted by Crippen LogP contribution is 2.19. The number of sulfonamides is 1. The van der Waals surface area contributed by atoms with Crippen LogP contribution in [0, 0.1) is 0 Å². The van der Waals surface area contributed by atoms with E-state index in [4.69, 9.17) is 4.42 Å². The minimum Gasteiger partial charge on any atom is -0.446 e. The Morgan fingerprint density at radius 1 is 1.38 bits per heavy atom. The van der Waals surface area contributed by atoms with E-state index in [2.05, 4.69) is 10.4 Å². The molecule has 0 aliphatic carbocycles. The molecule has 0 amide bonds. The molecule has 0 fully saturated rings. The van der Waals surface area contributed by atoms with Crippen LogP contribution in [-0.4, -0.2) is 36.6 Å². The lowest BCUT2D eigenvalue weighted by Gasteiger charge is -2.08. The van der Waals surface area contributed by atoms with Crippen LogP contribution in [0.25, 0.3) is 0 Å². The van der Waals surface area contributed by atoms with Gasteiger partial charge in [0.25, 0.3) is 10.0 Å². The molecule has 1 N–H and O–H groups in total. The third-order valence-electron chi connectivity index (χ3n) is 3.07. The Balaban J connectivity index is 2.10. The maximum absolute atomic E-state index is 11.9. The van der Waals surface area contributed by atoms with Crippen LogP contribution in [0.3, 0.4) is 0 Å². The zero-order valence-electron chi connectivity index (χ0n) is 12.6. The Hall–Kier alpha value is -1.80. The van der Waals surface area contributed by atoms with Crippen molar-refractivity contribution in [2.24, 2.45) is 7.05 Å². The second kappa shape index (κ2) is 5.90. The average molecular weight is 312 g/mol. The third-order valence-corrected chi connectivity index (χ3v) is 4.75. The summed E-state index contributed by atoms with van der Waals surface area (Å²) >= 11 is 0. The highest BCUT2D eigenvalue weighted by Gasteiger charge is 2.21. The standard InChI is InChI=1S/C13H20N4O3S/c1-5-11-12(9-17(4)15-11)14-8-10-6-7-13(20-10)21(18,19)16(2)3/h6-7,9,14H,5,8H2,1-4H3. The molecule has 8 heteroatoms. The monoisotopic (exact) mass is 312 g/mol. The molecule has 0 saturated heterocycles. The summed E-state index contributed by atoms with van der Waals surface area (Å²) in [5.74, 6) is 0.557. The second-order valence-electron chi connectivity index (χ2n) is 4.88. The Morgan fingerprint density at radius 3 is 2.71 bits per heavy atom. The first kappa shape index (κ1) is 15.6. The number of aromatic nitrogens is 2. The summed E-state index contributed by atoms with van der Waals surface area (Å²) in [5, 5.41) is 7.49. The minimum atomic E-state index is -3.53. The van der Waals surface area contributed by atoms with Gasteiger partial charge in [0.2, 0.25) is 5.09 Å². The Labute approximate surface area is 124 Å². The molecule has 0 spiro atoms. The van der Waals surface area contributed by atoms with Gasteiger partial charge in [-0.1, -0.05) is 6.92 Å². The van der Waals surface area contributed by atoms with Crippen LogP contribution in [0.15, 0.2) is 27.8 Å². The van der Waals surface area contributed by atoms with Gasteiger partial charge in [0.1, 0.15) is 5.76 Å². The molecule has 0 radical (unpaired) electrons. The number of nitrogens with zero attached hydrogens (tertiary/aromatic N) is 3. The lowest BCUT2D eigenvalue weighted by atomic mass is 10.3. The van der Waals surface area contributed by atoms with Crippen molar-refractivity contribution in [1.29, 1.82) is 0 Å². The molecule has 21 heavy (non-hydrogen) atoms. The molecule has 7 nitrogen and oxygen atoms in total. The van der Waals surface area contributed by atoms with Crippen molar-refractivity contribution in [3.63, 3.8) is 0 Å². The van der Waals surface area contributed by atoms with Crippen molar-refractivity contribution in [3.05, 3.63) is 29.8 Å². The number of anilines is 1. The van der Waals surface area contributed by atoms with Gasteiger partial charge in [0.05, 0.1) is 17.9 Å². The zero-order chi connectivity index (χ0) is 15.6. The van der Waals surface area contributed by atoms with Crippen LogP contribution in [0.1, 0.15) is 18.4 Å². The van der Waals surface area contributed by atoms with E-state index in [9.17, 15) is 8.42 Å². The van der Waals surface area contributed by atoms with E-state index in [0.717, 1.165) is 22.1 Å². The van der Waals surface area contributed by atoms with E-state index in [1.165, 1.54) is 20.2 Å². The molecule has 0 atom stereocenters. The first-order valence-corrected chi connectivity index (χ1v) is 8.06. The predicted molar refractivity (Wildman–Crippen MR) is 79.5 cm³/mol. The highest BCUT2D eigenvalue weighted by molar-refractivity contribution is 7.88. The van der Waals surface area contributed by atoms with Crippen molar-refractivity contribution in [2.45, 2.75) is 25.0 Å². The van der Waals surface area contributed by atoms with E-state index in [-0.39, 0.29) is 5.09 Å². The molecular weight excluding hydrogens is 292 g/mol. The van der Waals surface area contributed by atoms with Gasteiger partial charge in [0.15, 0.2) is 0 Å². The molecule has 2 aromatic heterocycles. The fourth-order valence-corrected chi connectivity index (χ4v) is 2.71. The molecule has 0 aliphatic heterocycles. The first-order valence-electron chi connectivity index (χ1n) is 6.62. The van der Waals surface area contributed by atoms with Crippen LogP contribution in [0.5, 0.6) is 0 Å². The summed E-state index contributed by atoms with van der Waals surface area (Å²) in [6.45, 7) is 2.43. The smallest absolute Gasteiger partial charge is 0.275 e. The highest BCUT2D eigenvalue weighted by atomic mass is 32.2. The normalized spacial score (nSPS) is 12.0. The molecule has 2 rings (SSSR count). The third kappa shape index (κ3) is 3.27. The van der Waals surface area contributed by atoms with Gasteiger partial charge >= 0.3 is 0 Å². The SMILES string of the molecule is CCc1nn(C)cc1NCc1ccc(S(=O)(=O)N(C)C)o1. The number of furan rings is 1. The maximum atomic E-state index is 11.9. The van der Waals surface area contributed by atoms with Gasteiger partial charge in [-0.15, -0.1) is 0 Å². The Bertz CT molecular complexity index is 716. The van der Waals surface area contributed by atoms with Crippen LogP contribution >= 0.6 is 0 Å². The summed E-state index contributed by atoms with van der Waals surface area (Å²) in [5.41, 5.74) is 1.89. The van der Waals surface area contributed by atoms with Crippen LogP contribution in [-0.2, 0) is 30.0 Å². The second-order valence-corrected chi connectivity index (χ2v) is 6.96. The fraction of sp³-hybridized carbons (Fsp3) is 0.462. The number of aryl methyl sites for hydroxylation is 2. The van der Waals surface area contributed by atoms with Gasteiger partial charge in [-0.2, -0.15) is 5.10 Å². The summed E-state index contributed by atoms with van der Waals surface area (Å²) in [7, 11) is 1.28. The lowest BCUT2D eigenvalue weighted by molar-refractivity contribution is 0.402. The topological polar surface area (TPSA) is 80.4 Å². The first-order chi connectivity index (χ1) is 9.84. The van der Waals surface area contributed by atoms with Gasteiger partial charge in [-0.05, 0) is 18.6 Å². The van der Waals surface area contributed by atoms with Crippen molar-refractivity contribution >= 4 is 15.7 Å². The number of nitrogens with one attached hydrogen (secondary N) is 1. The quantitative estimate of drug-likeness (QED) is 0.873. The Kier molecular flexibility index (Phi) is 4.38. The van der Waals surface area contributed by atoms with E-state index in [0.29, 0.717) is 12.3 Å². The molecule has 0 bridgehead atoms. The molecular formula is C13H20N4O3S. The number of hydrogen-bond acceptors (Lipinski definition) is 5. The predicted octanol–water partition coefficient (Wildman–Crippen LogP) is 1.44. The van der Waals surface area contributed by atoms with Crippen LogP contribution in [0.4, 0.5) is 5.69 Å². The van der Waals surface area contributed by atoms with Gasteiger partial charge < -0.3 is 9.73 Å². The van der Waals surface area contributed by atoms with Crippen molar-refractivity contribution in [2.75, 3.05) is 19.4 Å². The van der Waals surface area contributed by atoms with Crippen LogP contribution in [0.2, 0.25) is 0 Å². The molecule has 2 heterocycles. The molecule has 116 valence electrons. The minimum absolute atomic E-state index is 0.0498. The van der Waals surface area contributed by atoms with Gasteiger partial charge in [-0.3, -0.25) is 4.68 Å². The fourth-order valence-electron chi connectivity index (χ4n) is 1.90. The molecule has 0 unspecified atom stereocenters. The molecule has 0 aromatic carbocycles. The van der Waals surface area contributed by atoms with E-state index < -0.39 is 10.0 Å². The van der Waals surface area contributed by atoms with Crippen molar-refractivity contribution < 1.29 is 12.8 Å². The van der Waals surface area contributed by atoms with Crippen LogP contribution < -0.4 is 5.32 Å². The number of hydrogen-bond donors (Lipinski definition) is 1. The summed E-state index contributed by atoms with van der Waals surface area (Å²) in [4.78, 5) is 0. The van der Waals surface area contributed by atoms with E-state index >= 15 is 0 Å². The van der Waals surface area contributed by atoms with Gasteiger partial charge in [-0.25, -0.2) is 12.7 Å². The Morgan fingerprint density at radius 2 is 2.10 bits per heavy atom. The largest absolute Gasteiger partial charge is 0.446 e. The average Bonchev–Trinajstić information content (AvgIpc) is 3.02. The lowest BCUT2D eigenvalue weighted by Crippen LogP contribution is -2.21. The number of rotatable bonds is 6. The van der Waals surface area contributed by atoms with Crippen molar-refractivity contribution in [3.8, 4) is 0 Å². The van der Waals surface area contributed by atoms with Gasteiger partial charge in [0, 0.05) is 27.3 Å². The molecule has 2 aromatic rings.